The van der Waals surface area contributed by atoms with Gasteiger partial charge in [0, 0.05) is 25.4 Å². The number of methoxy groups -OCH3 is 1. The second kappa shape index (κ2) is 8.10. The van der Waals surface area contributed by atoms with Gasteiger partial charge in [-0.15, -0.1) is 0 Å². The van der Waals surface area contributed by atoms with Gasteiger partial charge in [-0.25, -0.2) is 9.78 Å². The number of carboxylic acid groups (broad SMARTS) is 1. The fraction of sp³-hybridized carbons (Fsp3) is 0.278. The minimum Gasteiger partial charge on any atom is -0.497 e. The molecule has 0 aliphatic rings. The van der Waals surface area contributed by atoms with E-state index in [4.69, 9.17) is 9.84 Å². The highest BCUT2D eigenvalue weighted by Gasteiger charge is 2.14. The topological polar surface area (TPSA) is 79.7 Å². The van der Waals surface area contributed by atoms with Crippen molar-refractivity contribution in [2.75, 3.05) is 20.7 Å². The van der Waals surface area contributed by atoms with E-state index < -0.39 is 5.97 Å². The molecule has 6 heteroatoms. The summed E-state index contributed by atoms with van der Waals surface area (Å²) in [5.74, 6) is -0.542. The number of amides is 1. The van der Waals surface area contributed by atoms with E-state index >= 15 is 0 Å². The summed E-state index contributed by atoms with van der Waals surface area (Å²) in [6, 6.07) is 10.6. The maximum atomic E-state index is 12.3. The van der Waals surface area contributed by atoms with Gasteiger partial charge in [0.15, 0.2) is 0 Å². The van der Waals surface area contributed by atoms with Crippen LogP contribution in [0.5, 0.6) is 5.75 Å². The standard InChI is InChI=1S/C18H20N2O4/c1-20(11-3-4-13-5-7-15(24-2)8-6-13)17(21)14-9-10-19-16(12-14)18(22)23/h5-10,12H,3-4,11H2,1-2H3,(H,22,23). The number of benzene rings is 1. The van der Waals surface area contributed by atoms with Gasteiger partial charge in [-0.2, -0.15) is 0 Å². The van der Waals surface area contributed by atoms with Crippen molar-refractivity contribution in [3.8, 4) is 5.75 Å². The van der Waals surface area contributed by atoms with E-state index in [1.54, 1.807) is 19.1 Å². The van der Waals surface area contributed by atoms with Crippen LogP contribution < -0.4 is 4.74 Å². The molecule has 2 rings (SSSR count). The van der Waals surface area contributed by atoms with Crippen LogP contribution >= 0.6 is 0 Å². The van der Waals surface area contributed by atoms with Crippen LogP contribution in [0.2, 0.25) is 0 Å². The Hall–Kier alpha value is -2.89. The van der Waals surface area contributed by atoms with E-state index in [0.29, 0.717) is 12.1 Å². The number of rotatable bonds is 7. The maximum absolute atomic E-state index is 12.3. The summed E-state index contributed by atoms with van der Waals surface area (Å²) in [7, 11) is 3.33. The lowest BCUT2D eigenvalue weighted by Gasteiger charge is -2.17. The van der Waals surface area contributed by atoms with Crippen LogP contribution in [0.1, 0.15) is 32.8 Å². The van der Waals surface area contributed by atoms with Crippen LogP contribution in [-0.4, -0.2) is 47.6 Å². The molecule has 24 heavy (non-hydrogen) atoms. The quantitative estimate of drug-likeness (QED) is 0.844. The predicted octanol–water partition coefficient (Wildman–Crippen LogP) is 2.49. The molecule has 0 unspecified atom stereocenters. The molecule has 0 aliphatic heterocycles. The van der Waals surface area contributed by atoms with E-state index in [-0.39, 0.29) is 11.6 Å². The summed E-state index contributed by atoms with van der Waals surface area (Å²) in [5.41, 5.74) is 1.37. The monoisotopic (exact) mass is 328 g/mol. The van der Waals surface area contributed by atoms with Gasteiger partial charge in [0.05, 0.1) is 7.11 Å². The summed E-state index contributed by atoms with van der Waals surface area (Å²) in [4.78, 5) is 28.6. The number of hydrogen-bond donors (Lipinski definition) is 1. The lowest BCUT2D eigenvalue weighted by atomic mass is 10.1. The third-order valence-electron chi connectivity index (χ3n) is 3.69. The fourth-order valence-corrected chi connectivity index (χ4v) is 2.32. The Morgan fingerprint density at radius 2 is 1.92 bits per heavy atom. The highest BCUT2D eigenvalue weighted by atomic mass is 16.5. The number of carbonyl (C=O) groups is 2. The van der Waals surface area contributed by atoms with Crippen molar-refractivity contribution in [2.45, 2.75) is 12.8 Å². The highest BCUT2D eigenvalue weighted by Crippen LogP contribution is 2.13. The van der Waals surface area contributed by atoms with Crippen molar-refractivity contribution in [1.29, 1.82) is 0 Å². The van der Waals surface area contributed by atoms with E-state index in [9.17, 15) is 9.59 Å². The van der Waals surface area contributed by atoms with Crippen LogP contribution in [-0.2, 0) is 6.42 Å². The van der Waals surface area contributed by atoms with Gasteiger partial charge in [0.1, 0.15) is 11.4 Å². The summed E-state index contributed by atoms with van der Waals surface area (Å²) in [6.45, 7) is 0.579. The lowest BCUT2D eigenvalue weighted by Crippen LogP contribution is -2.28. The molecule has 1 heterocycles. The normalized spacial score (nSPS) is 10.2. The Labute approximate surface area is 140 Å². The van der Waals surface area contributed by atoms with Crippen LogP contribution in [0.15, 0.2) is 42.6 Å². The van der Waals surface area contributed by atoms with Gasteiger partial charge in [-0.3, -0.25) is 4.79 Å². The Morgan fingerprint density at radius 1 is 1.21 bits per heavy atom. The second-order valence-electron chi connectivity index (χ2n) is 5.41. The molecular weight excluding hydrogens is 308 g/mol. The van der Waals surface area contributed by atoms with Crippen molar-refractivity contribution in [3.05, 3.63) is 59.4 Å². The minimum absolute atomic E-state index is 0.132. The molecule has 1 amide bonds. The highest BCUT2D eigenvalue weighted by molar-refractivity contribution is 5.96. The summed E-state index contributed by atoms with van der Waals surface area (Å²) in [5, 5.41) is 8.94. The molecule has 0 atom stereocenters. The van der Waals surface area contributed by atoms with E-state index in [1.807, 2.05) is 24.3 Å². The number of ether oxygens (including phenoxy) is 1. The zero-order valence-corrected chi connectivity index (χ0v) is 13.7. The Kier molecular flexibility index (Phi) is 5.89. The molecule has 0 spiro atoms. The minimum atomic E-state index is -1.15. The molecule has 0 fully saturated rings. The SMILES string of the molecule is COc1ccc(CCCN(C)C(=O)c2ccnc(C(=O)O)c2)cc1. The Bertz CT molecular complexity index is 713. The Morgan fingerprint density at radius 3 is 2.54 bits per heavy atom. The molecule has 0 aliphatic carbocycles. The first-order valence-corrected chi connectivity index (χ1v) is 7.59. The van der Waals surface area contributed by atoms with Crippen molar-refractivity contribution in [1.82, 2.24) is 9.88 Å². The molecule has 1 aromatic carbocycles. The first kappa shape index (κ1) is 17.5. The maximum Gasteiger partial charge on any atom is 0.354 e. The number of aromatic carboxylic acids is 1. The first-order chi connectivity index (χ1) is 11.5. The largest absolute Gasteiger partial charge is 0.497 e. The van der Waals surface area contributed by atoms with Gasteiger partial charge in [0.2, 0.25) is 0 Å². The van der Waals surface area contributed by atoms with Crippen molar-refractivity contribution < 1.29 is 19.4 Å². The molecule has 2 aromatic rings. The average Bonchev–Trinajstić information content (AvgIpc) is 2.61. The van der Waals surface area contributed by atoms with Crippen molar-refractivity contribution in [2.24, 2.45) is 0 Å². The third-order valence-corrected chi connectivity index (χ3v) is 3.69. The molecule has 0 saturated heterocycles. The molecule has 126 valence electrons. The van der Waals surface area contributed by atoms with Gasteiger partial charge in [-0.1, -0.05) is 12.1 Å². The zero-order chi connectivity index (χ0) is 17.5. The summed E-state index contributed by atoms with van der Waals surface area (Å²) < 4.78 is 5.12. The number of pyridine rings is 1. The van der Waals surface area contributed by atoms with E-state index in [2.05, 4.69) is 4.98 Å². The van der Waals surface area contributed by atoms with Gasteiger partial charge in [-0.05, 0) is 42.7 Å². The number of aromatic nitrogens is 1. The molecule has 1 N–H and O–H groups in total. The first-order valence-electron chi connectivity index (χ1n) is 7.59. The Balaban J connectivity index is 1.89. The third kappa shape index (κ3) is 4.55. The van der Waals surface area contributed by atoms with Gasteiger partial charge in [0.25, 0.3) is 5.91 Å². The number of hydrogen-bond acceptors (Lipinski definition) is 4. The lowest BCUT2D eigenvalue weighted by molar-refractivity contribution is 0.0690. The summed E-state index contributed by atoms with van der Waals surface area (Å²) in [6.07, 6.45) is 2.99. The number of nitrogens with zero attached hydrogens (tertiary/aromatic N) is 2. The van der Waals surface area contributed by atoms with E-state index in [0.717, 1.165) is 18.6 Å². The van der Waals surface area contributed by atoms with E-state index in [1.165, 1.54) is 23.9 Å². The zero-order valence-electron chi connectivity index (χ0n) is 13.7. The van der Waals surface area contributed by atoms with Crippen molar-refractivity contribution in [3.63, 3.8) is 0 Å². The second-order valence-corrected chi connectivity index (χ2v) is 5.41. The molecule has 0 radical (unpaired) electrons. The molecule has 0 bridgehead atoms. The van der Waals surface area contributed by atoms with Crippen molar-refractivity contribution >= 4 is 11.9 Å². The number of carboxylic acids is 1. The predicted molar refractivity (Wildman–Crippen MR) is 89.5 cm³/mol. The van der Waals surface area contributed by atoms with Crippen LogP contribution in [0.3, 0.4) is 0 Å². The molecular formula is C18H20N2O4. The average molecular weight is 328 g/mol. The van der Waals surface area contributed by atoms with Gasteiger partial charge >= 0.3 is 5.97 Å². The molecule has 0 saturated carbocycles. The van der Waals surface area contributed by atoms with Crippen LogP contribution in [0.4, 0.5) is 0 Å². The summed E-state index contributed by atoms with van der Waals surface area (Å²) >= 11 is 0. The molecule has 1 aromatic heterocycles. The number of carbonyl (C=O) groups excluding carboxylic acids is 1. The van der Waals surface area contributed by atoms with Gasteiger partial charge < -0.3 is 14.7 Å². The molecule has 6 nitrogen and oxygen atoms in total. The van der Waals surface area contributed by atoms with Crippen LogP contribution in [0.25, 0.3) is 0 Å². The number of aryl methyl sites for hydroxylation is 1. The van der Waals surface area contributed by atoms with Crippen LogP contribution in [0, 0.1) is 0 Å². The smallest absolute Gasteiger partial charge is 0.354 e. The fourth-order valence-electron chi connectivity index (χ4n) is 2.32.